The minimum absolute atomic E-state index is 0.140. The second-order valence-corrected chi connectivity index (χ2v) is 7.00. The molecule has 1 aliphatic carbocycles. The van der Waals surface area contributed by atoms with Crippen LogP contribution in [0.2, 0.25) is 0 Å². The van der Waals surface area contributed by atoms with Crippen LogP contribution in [0.25, 0.3) is 10.8 Å². The highest BCUT2D eigenvalue weighted by molar-refractivity contribution is 7.99. The lowest BCUT2D eigenvalue weighted by Gasteiger charge is -2.13. The van der Waals surface area contributed by atoms with Gasteiger partial charge >= 0.3 is 0 Å². The fourth-order valence-corrected chi connectivity index (χ4v) is 3.86. The average molecular weight is 325 g/mol. The predicted octanol–water partition coefficient (Wildman–Crippen LogP) is 4.69. The Hall–Kier alpha value is -1.74. The van der Waals surface area contributed by atoms with Gasteiger partial charge in [0.25, 0.3) is 0 Å². The Morgan fingerprint density at radius 1 is 1.09 bits per heavy atom. The van der Waals surface area contributed by atoms with E-state index in [1.807, 2.05) is 0 Å². The second kappa shape index (κ2) is 8.21. The van der Waals surface area contributed by atoms with Crippen LogP contribution in [0.15, 0.2) is 54.1 Å². The van der Waals surface area contributed by atoms with Crippen LogP contribution in [0.4, 0.5) is 0 Å². The number of nitrogens with one attached hydrogen (secondary N) is 1. The predicted molar refractivity (Wildman–Crippen MR) is 99.7 cm³/mol. The van der Waals surface area contributed by atoms with Crippen molar-refractivity contribution in [2.45, 2.75) is 31.4 Å². The Morgan fingerprint density at radius 2 is 1.96 bits per heavy atom. The van der Waals surface area contributed by atoms with Crippen LogP contribution in [-0.2, 0) is 10.5 Å². The first-order valence-corrected chi connectivity index (χ1v) is 9.47. The summed E-state index contributed by atoms with van der Waals surface area (Å²) in [6.07, 6.45) is 7.15. The molecule has 2 aromatic carbocycles. The van der Waals surface area contributed by atoms with Gasteiger partial charge in [0.1, 0.15) is 0 Å². The number of hydrogen-bond acceptors (Lipinski definition) is 2. The van der Waals surface area contributed by atoms with Gasteiger partial charge in [0.2, 0.25) is 5.91 Å². The van der Waals surface area contributed by atoms with Crippen LogP contribution in [-0.4, -0.2) is 18.2 Å². The molecule has 1 N–H and O–H groups in total. The van der Waals surface area contributed by atoms with Gasteiger partial charge in [-0.1, -0.05) is 54.1 Å². The summed E-state index contributed by atoms with van der Waals surface area (Å²) in [6, 6.07) is 14.8. The first-order chi connectivity index (χ1) is 11.3. The summed E-state index contributed by atoms with van der Waals surface area (Å²) in [4.78, 5) is 12.0. The number of hydrogen-bond donors (Lipinski definition) is 1. The van der Waals surface area contributed by atoms with Crippen LogP contribution in [0.1, 0.15) is 31.2 Å². The maximum absolute atomic E-state index is 12.0. The van der Waals surface area contributed by atoms with Gasteiger partial charge in [-0.05, 0) is 42.0 Å². The highest BCUT2D eigenvalue weighted by Gasteiger charge is 2.07. The summed E-state index contributed by atoms with van der Waals surface area (Å²) in [7, 11) is 0. The van der Waals surface area contributed by atoms with Gasteiger partial charge in [-0.25, -0.2) is 0 Å². The first-order valence-electron chi connectivity index (χ1n) is 8.32. The normalized spacial score (nSPS) is 14.5. The third-order valence-corrected chi connectivity index (χ3v) is 5.25. The molecule has 0 aliphatic heterocycles. The van der Waals surface area contributed by atoms with E-state index >= 15 is 0 Å². The zero-order chi connectivity index (χ0) is 15.9. The molecule has 0 fully saturated rings. The molecule has 3 rings (SSSR count). The fraction of sp³-hybridized carbons (Fsp3) is 0.350. The molecule has 2 nitrogen and oxygen atoms in total. The molecule has 0 atom stereocenters. The van der Waals surface area contributed by atoms with Gasteiger partial charge in [-0.15, -0.1) is 11.8 Å². The summed E-state index contributed by atoms with van der Waals surface area (Å²) in [5, 5.41) is 5.60. The SMILES string of the molecule is O=C(CSCc1cccc2ccccc12)NCC1=CCCCC1. The monoisotopic (exact) mass is 325 g/mol. The number of rotatable bonds is 6. The lowest BCUT2D eigenvalue weighted by molar-refractivity contribution is -0.118. The van der Waals surface area contributed by atoms with Gasteiger partial charge in [-0.2, -0.15) is 0 Å². The topological polar surface area (TPSA) is 29.1 Å². The van der Waals surface area contributed by atoms with Crippen LogP contribution in [0.3, 0.4) is 0 Å². The van der Waals surface area contributed by atoms with Crippen molar-refractivity contribution >= 4 is 28.4 Å². The third-order valence-electron chi connectivity index (χ3n) is 4.27. The lowest BCUT2D eigenvalue weighted by Crippen LogP contribution is -2.27. The van der Waals surface area contributed by atoms with Crippen molar-refractivity contribution in [1.29, 1.82) is 0 Å². The summed E-state index contributed by atoms with van der Waals surface area (Å²) in [6.45, 7) is 0.730. The maximum Gasteiger partial charge on any atom is 0.230 e. The Morgan fingerprint density at radius 3 is 2.83 bits per heavy atom. The van der Waals surface area contributed by atoms with E-state index in [1.54, 1.807) is 11.8 Å². The molecule has 0 saturated heterocycles. The van der Waals surface area contributed by atoms with Crippen LogP contribution < -0.4 is 5.32 Å². The molecular formula is C20H23NOS. The third kappa shape index (κ3) is 4.61. The maximum atomic E-state index is 12.0. The summed E-state index contributed by atoms with van der Waals surface area (Å²) in [5.74, 6) is 1.54. The minimum Gasteiger partial charge on any atom is -0.352 e. The number of thioether (sulfide) groups is 1. The Labute approximate surface area is 142 Å². The number of carbonyl (C=O) groups excluding carboxylic acids is 1. The average Bonchev–Trinajstić information content (AvgIpc) is 2.61. The Kier molecular flexibility index (Phi) is 5.76. The number of carbonyl (C=O) groups is 1. The number of fused-ring (bicyclic) bond motifs is 1. The molecular weight excluding hydrogens is 302 g/mol. The quantitative estimate of drug-likeness (QED) is 0.781. The number of benzene rings is 2. The van der Waals surface area contributed by atoms with Gasteiger partial charge in [-0.3, -0.25) is 4.79 Å². The lowest BCUT2D eigenvalue weighted by atomic mass is 10.00. The molecule has 2 aromatic rings. The highest BCUT2D eigenvalue weighted by atomic mass is 32.2. The van der Waals surface area contributed by atoms with Crippen molar-refractivity contribution in [2.24, 2.45) is 0 Å². The van der Waals surface area contributed by atoms with E-state index in [2.05, 4.69) is 53.9 Å². The highest BCUT2D eigenvalue weighted by Crippen LogP contribution is 2.22. The van der Waals surface area contributed by atoms with Crippen molar-refractivity contribution in [1.82, 2.24) is 5.32 Å². The first kappa shape index (κ1) is 16.1. The number of allylic oxidation sites excluding steroid dienone is 1. The van der Waals surface area contributed by atoms with Crippen LogP contribution in [0, 0.1) is 0 Å². The van der Waals surface area contributed by atoms with E-state index in [-0.39, 0.29) is 5.91 Å². The zero-order valence-corrected chi connectivity index (χ0v) is 14.2. The molecule has 0 bridgehead atoms. The standard InChI is InChI=1S/C20H23NOS/c22-20(21-13-16-7-2-1-3-8-16)15-23-14-18-11-6-10-17-9-4-5-12-19(17)18/h4-7,9-12H,1-3,8,13-15H2,(H,21,22). The van der Waals surface area contributed by atoms with Crippen molar-refractivity contribution in [3.63, 3.8) is 0 Å². The van der Waals surface area contributed by atoms with E-state index in [0.717, 1.165) is 18.7 Å². The second-order valence-electron chi connectivity index (χ2n) is 6.02. The minimum atomic E-state index is 0.140. The van der Waals surface area contributed by atoms with Gasteiger partial charge in [0.05, 0.1) is 5.75 Å². The van der Waals surface area contributed by atoms with Gasteiger partial charge in [0, 0.05) is 12.3 Å². The van der Waals surface area contributed by atoms with Crippen LogP contribution >= 0.6 is 11.8 Å². The summed E-state index contributed by atoms with van der Waals surface area (Å²) < 4.78 is 0. The molecule has 0 unspecified atom stereocenters. The summed E-state index contributed by atoms with van der Waals surface area (Å²) in [5.41, 5.74) is 2.69. The Balaban J connectivity index is 1.47. The molecule has 0 heterocycles. The molecule has 3 heteroatoms. The number of amides is 1. The van der Waals surface area contributed by atoms with E-state index < -0.39 is 0 Å². The van der Waals surface area contributed by atoms with E-state index in [4.69, 9.17) is 0 Å². The van der Waals surface area contributed by atoms with Gasteiger partial charge < -0.3 is 5.32 Å². The molecule has 0 radical (unpaired) electrons. The molecule has 1 aliphatic rings. The Bertz CT molecular complexity index is 702. The van der Waals surface area contributed by atoms with Crippen molar-refractivity contribution in [3.8, 4) is 0 Å². The molecule has 0 spiro atoms. The molecule has 0 aromatic heterocycles. The smallest absolute Gasteiger partial charge is 0.230 e. The van der Waals surface area contributed by atoms with Gasteiger partial charge in [0.15, 0.2) is 0 Å². The van der Waals surface area contributed by atoms with Crippen molar-refractivity contribution in [2.75, 3.05) is 12.3 Å². The van der Waals surface area contributed by atoms with Crippen molar-refractivity contribution < 1.29 is 4.79 Å². The molecule has 23 heavy (non-hydrogen) atoms. The molecule has 120 valence electrons. The largest absolute Gasteiger partial charge is 0.352 e. The molecule has 0 saturated carbocycles. The van der Waals surface area contributed by atoms with E-state index in [9.17, 15) is 4.79 Å². The van der Waals surface area contributed by atoms with Crippen molar-refractivity contribution in [3.05, 3.63) is 59.7 Å². The van der Waals surface area contributed by atoms with E-state index in [1.165, 1.54) is 41.2 Å². The van der Waals surface area contributed by atoms with E-state index in [0.29, 0.717) is 5.75 Å². The summed E-state index contributed by atoms with van der Waals surface area (Å²) >= 11 is 1.68. The zero-order valence-electron chi connectivity index (χ0n) is 13.4. The fourth-order valence-electron chi connectivity index (χ4n) is 3.00. The van der Waals surface area contributed by atoms with Crippen LogP contribution in [0.5, 0.6) is 0 Å². The molecule has 1 amide bonds.